The zero-order chi connectivity index (χ0) is 15.5. The number of fused-ring (bicyclic) bond motifs is 1. The van der Waals surface area contributed by atoms with Crippen molar-refractivity contribution in [2.75, 3.05) is 5.32 Å². The van der Waals surface area contributed by atoms with E-state index in [1.165, 1.54) is 12.1 Å². The topological polar surface area (TPSA) is 47.6 Å². The van der Waals surface area contributed by atoms with Crippen molar-refractivity contribution < 1.29 is 18.7 Å². The van der Waals surface area contributed by atoms with Gasteiger partial charge in [-0.1, -0.05) is 19.1 Å². The predicted octanol–water partition coefficient (Wildman–Crippen LogP) is 3.51. The Morgan fingerprint density at radius 3 is 2.91 bits per heavy atom. The zero-order valence-corrected chi connectivity index (χ0v) is 12.1. The summed E-state index contributed by atoms with van der Waals surface area (Å²) >= 11 is 0. The minimum absolute atomic E-state index is 0.155. The van der Waals surface area contributed by atoms with Gasteiger partial charge in [-0.05, 0) is 36.2 Å². The van der Waals surface area contributed by atoms with Crippen molar-refractivity contribution in [2.45, 2.75) is 26.1 Å². The summed E-state index contributed by atoms with van der Waals surface area (Å²) in [6, 6.07) is 11.5. The number of benzene rings is 2. The van der Waals surface area contributed by atoms with Crippen molar-refractivity contribution in [3.05, 3.63) is 53.8 Å². The number of carbonyl (C=O) groups is 1. The van der Waals surface area contributed by atoms with Crippen LogP contribution >= 0.6 is 0 Å². The Morgan fingerprint density at radius 2 is 2.14 bits per heavy atom. The van der Waals surface area contributed by atoms with Crippen LogP contribution in [0, 0.1) is 5.82 Å². The van der Waals surface area contributed by atoms with Crippen molar-refractivity contribution in [1.29, 1.82) is 0 Å². The molecule has 1 amide bonds. The van der Waals surface area contributed by atoms with Crippen LogP contribution in [0.15, 0.2) is 42.5 Å². The number of amides is 1. The van der Waals surface area contributed by atoms with Crippen LogP contribution in [0.2, 0.25) is 0 Å². The maximum Gasteiger partial charge on any atom is 0.265 e. The molecule has 0 radical (unpaired) electrons. The van der Waals surface area contributed by atoms with Gasteiger partial charge in [0.05, 0.1) is 5.69 Å². The van der Waals surface area contributed by atoms with E-state index in [0.29, 0.717) is 23.6 Å². The van der Waals surface area contributed by atoms with Crippen LogP contribution < -0.4 is 14.8 Å². The Kier molecular flexibility index (Phi) is 3.96. The molecule has 3 rings (SSSR count). The van der Waals surface area contributed by atoms with Gasteiger partial charge in [-0.3, -0.25) is 4.79 Å². The number of rotatable bonds is 4. The number of anilines is 1. The molecule has 0 fully saturated rings. The highest BCUT2D eigenvalue weighted by atomic mass is 19.1. The first-order valence-electron chi connectivity index (χ1n) is 7.14. The second kappa shape index (κ2) is 6.05. The molecule has 0 bridgehead atoms. The van der Waals surface area contributed by atoms with Crippen LogP contribution in [0.4, 0.5) is 10.1 Å². The van der Waals surface area contributed by atoms with Crippen LogP contribution in [0.3, 0.4) is 0 Å². The van der Waals surface area contributed by atoms with Gasteiger partial charge in [-0.15, -0.1) is 0 Å². The third kappa shape index (κ3) is 3.03. The third-order valence-corrected chi connectivity index (χ3v) is 3.44. The molecule has 0 aromatic heterocycles. The quantitative estimate of drug-likeness (QED) is 0.940. The molecule has 0 saturated heterocycles. The van der Waals surface area contributed by atoms with Gasteiger partial charge in [0.15, 0.2) is 6.10 Å². The van der Waals surface area contributed by atoms with E-state index in [9.17, 15) is 9.18 Å². The Hall–Kier alpha value is -2.56. The lowest BCUT2D eigenvalue weighted by molar-refractivity contribution is -0.123. The maximum absolute atomic E-state index is 13.1. The van der Waals surface area contributed by atoms with Gasteiger partial charge in [0.25, 0.3) is 5.91 Å². The fourth-order valence-corrected chi connectivity index (χ4v) is 2.28. The Balaban J connectivity index is 1.71. The summed E-state index contributed by atoms with van der Waals surface area (Å²) in [6.07, 6.45) is 0.162. The molecule has 0 aliphatic carbocycles. The average Bonchev–Trinajstić information content (AvgIpc) is 2.52. The molecule has 22 heavy (non-hydrogen) atoms. The lowest BCUT2D eigenvalue weighted by Gasteiger charge is -2.25. The number of halogens is 1. The van der Waals surface area contributed by atoms with Crippen LogP contribution in [0.25, 0.3) is 0 Å². The van der Waals surface area contributed by atoms with E-state index in [1.807, 2.05) is 6.92 Å². The fraction of sp³-hybridized carbons (Fsp3) is 0.235. The first-order chi connectivity index (χ1) is 10.7. The largest absolute Gasteiger partial charge is 0.489 e. The first kappa shape index (κ1) is 14.4. The zero-order valence-electron chi connectivity index (χ0n) is 12.1. The number of hydrogen-bond acceptors (Lipinski definition) is 3. The van der Waals surface area contributed by atoms with Gasteiger partial charge in [-0.25, -0.2) is 4.39 Å². The van der Waals surface area contributed by atoms with Crippen LogP contribution in [-0.2, 0) is 11.4 Å². The summed E-state index contributed by atoms with van der Waals surface area (Å²) in [7, 11) is 0. The lowest BCUT2D eigenvalue weighted by atomic mass is 10.2. The van der Waals surface area contributed by atoms with Gasteiger partial charge in [0, 0.05) is 6.07 Å². The number of nitrogens with one attached hydrogen (secondary N) is 1. The Bertz CT molecular complexity index is 702. The molecule has 2 aromatic carbocycles. The first-order valence-corrected chi connectivity index (χ1v) is 7.14. The molecule has 4 nitrogen and oxygen atoms in total. The van der Waals surface area contributed by atoms with E-state index >= 15 is 0 Å². The molecule has 1 aliphatic rings. The molecule has 5 heteroatoms. The van der Waals surface area contributed by atoms with Gasteiger partial charge < -0.3 is 14.8 Å². The Morgan fingerprint density at radius 1 is 1.27 bits per heavy atom. The van der Waals surface area contributed by atoms with Crippen LogP contribution in [0.5, 0.6) is 11.5 Å². The SMILES string of the molecule is CC[C@@H]1Oc2ccc(OCc3cccc(F)c3)cc2NC1=O. The summed E-state index contributed by atoms with van der Waals surface area (Å²) in [5, 5.41) is 2.80. The van der Waals surface area contributed by atoms with E-state index in [4.69, 9.17) is 9.47 Å². The van der Waals surface area contributed by atoms with Crippen molar-refractivity contribution in [2.24, 2.45) is 0 Å². The monoisotopic (exact) mass is 301 g/mol. The molecular formula is C17H16FNO3. The second-order valence-corrected chi connectivity index (χ2v) is 5.08. The van der Waals surface area contributed by atoms with Crippen molar-refractivity contribution in [3.8, 4) is 11.5 Å². The van der Waals surface area contributed by atoms with Crippen molar-refractivity contribution >= 4 is 11.6 Å². The summed E-state index contributed by atoms with van der Waals surface area (Å²) in [4.78, 5) is 11.8. The van der Waals surface area contributed by atoms with E-state index in [-0.39, 0.29) is 18.3 Å². The summed E-state index contributed by atoms with van der Waals surface area (Å²) in [5.74, 6) is 0.765. The molecular weight excluding hydrogens is 285 g/mol. The fourth-order valence-electron chi connectivity index (χ4n) is 2.28. The molecule has 114 valence electrons. The smallest absolute Gasteiger partial charge is 0.265 e. The van der Waals surface area contributed by atoms with Crippen LogP contribution in [-0.4, -0.2) is 12.0 Å². The number of hydrogen-bond donors (Lipinski definition) is 1. The normalized spacial score (nSPS) is 16.5. The molecule has 2 aromatic rings. The molecule has 0 saturated carbocycles. The molecule has 0 spiro atoms. The maximum atomic E-state index is 13.1. The molecule has 0 unspecified atom stereocenters. The summed E-state index contributed by atoms with van der Waals surface area (Å²) < 4.78 is 24.3. The van der Waals surface area contributed by atoms with Gasteiger partial charge >= 0.3 is 0 Å². The highest BCUT2D eigenvalue weighted by Gasteiger charge is 2.26. The molecule has 1 N–H and O–H groups in total. The predicted molar refractivity (Wildman–Crippen MR) is 80.5 cm³/mol. The van der Waals surface area contributed by atoms with Gasteiger partial charge in [-0.2, -0.15) is 0 Å². The van der Waals surface area contributed by atoms with E-state index in [1.54, 1.807) is 30.3 Å². The molecule has 1 heterocycles. The lowest BCUT2D eigenvalue weighted by Crippen LogP contribution is -2.36. The van der Waals surface area contributed by atoms with E-state index in [2.05, 4.69) is 5.32 Å². The van der Waals surface area contributed by atoms with Crippen molar-refractivity contribution in [3.63, 3.8) is 0 Å². The standard InChI is InChI=1S/C17H16FNO3/c1-2-15-17(20)19-14-9-13(6-7-16(14)22-15)21-10-11-4-3-5-12(18)8-11/h3-9,15H,2,10H2,1H3,(H,19,20)/t15-/m0/s1. The van der Waals surface area contributed by atoms with Crippen molar-refractivity contribution in [1.82, 2.24) is 0 Å². The Labute approximate surface area is 127 Å². The summed E-state index contributed by atoms with van der Waals surface area (Å²) in [6.45, 7) is 2.15. The average molecular weight is 301 g/mol. The van der Waals surface area contributed by atoms with E-state index < -0.39 is 6.10 Å². The molecule has 1 aliphatic heterocycles. The van der Waals surface area contributed by atoms with Gasteiger partial charge in [0.2, 0.25) is 0 Å². The number of ether oxygens (including phenoxy) is 2. The third-order valence-electron chi connectivity index (χ3n) is 3.44. The van der Waals surface area contributed by atoms with Crippen LogP contribution in [0.1, 0.15) is 18.9 Å². The highest BCUT2D eigenvalue weighted by Crippen LogP contribution is 2.33. The summed E-state index contributed by atoms with van der Waals surface area (Å²) in [5.41, 5.74) is 1.33. The molecule has 1 atom stereocenters. The minimum Gasteiger partial charge on any atom is -0.489 e. The highest BCUT2D eigenvalue weighted by molar-refractivity contribution is 5.97. The second-order valence-electron chi connectivity index (χ2n) is 5.08. The van der Waals surface area contributed by atoms with Gasteiger partial charge in [0.1, 0.15) is 23.9 Å². The minimum atomic E-state index is -0.452. The van der Waals surface area contributed by atoms with E-state index in [0.717, 1.165) is 5.56 Å². The number of carbonyl (C=O) groups excluding carboxylic acids is 1.